The van der Waals surface area contributed by atoms with Gasteiger partial charge in [-0.25, -0.2) is 0 Å². The number of halogens is 1. The maximum Gasteiger partial charge on any atom is 0.0418 e. The Kier molecular flexibility index (Phi) is 7.80. The molecule has 0 nitrogen and oxygen atoms in total. The molecule has 1 saturated carbocycles. The first-order valence-corrected chi connectivity index (χ1v) is 7.74. The maximum atomic E-state index is 5.97. The van der Waals surface area contributed by atoms with E-state index >= 15 is 0 Å². The third kappa shape index (κ3) is 7.34. The molecule has 0 radical (unpaired) electrons. The predicted molar refractivity (Wildman–Crippen MR) is 80.7 cm³/mol. The van der Waals surface area contributed by atoms with Gasteiger partial charge in [-0.3, -0.25) is 0 Å². The van der Waals surface area contributed by atoms with Gasteiger partial charge in [0.15, 0.2) is 0 Å². The number of rotatable bonds is 3. The summed E-state index contributed by atoms with van der Waals surface area (Å²) in [5, 5.41) is 0. The predicted octanol–water partition coefficient (Wildman–Crippen LogP) is 6.13. The molecule has 1 rings (SSSR count). The van der Waals surface area contributed by atoms with E-state index in [2.05, 4.69) is 48.5 Å². The monoisotopic (exact) mass is 260 g/mol. The lowest BCUT2D eigenvalue weighted by atomic mass is 9.80. The molecule has 0 spiro atoms. The lowest BCUT2D eigenvalue weighted by molar-refractivity contribution is 0.235. The van der Waals surface area contributed by atoms with Gasteiger partial charge in [0, 0.05) is 4.87 Å². The minimum Gasteiger partial charge on any atom is -0.120 e. The minimum atomic E-state index is 0.167. The van der Waals surface area contributed by atoms with E-state index < -0.39 is 0 Å². The summed E-state index contributed by atoms with van der Waals surface area (Å²) in [6.07, 6.45) is 5.10. The van der Waals surface area contributed by atoms with Crippen LogP contribution in [0.25, 0.3) is 0 Å². The van der Waals surface area contributed by atoms with Crippen molar-refractivity contribution < 1.29 is 0 Å². The summed E-state index contributed by atoms with van der Waals surface area (Å²) < 4.78 is 0. The van der Waals surface area contributed by atoms with Crippen LogP contribution in [0.15, 0.2) is 0 Å². The van der Waals surface area contributed by atoms with E-state index in [4.69, 9.17) is 11.6 Å². The van der Waals surface area contributed by atoms with Gasteiger partial charge in [-0.15, -0.1) is 11.6 Å². The van der Waals surface area contributed by atoms with Crippen LogP contribution < -0.4 is 0 Å². The average molecular weight is 261 g/mol. The van der Waals surface area contributed by atoms with Crippen LogP contribution in [0.1, 0.15) is 74.1 Å². The van der Waals surface area contributed by atoms with Crippen LogP contribution in [-0.4, -0.2) is 4.87 Å². The summed E-state index contributed by atoms with van der Waals surface area (Å²) in [5.41, 5.74) is 0. The van der Waals surface area contributed by atoms with Gasteiger partial charge < -0.3 is 0 Å². The third-order valence-electron chi connectivity index (χ3n) is 4.58. The summed E-state index contributed by atoms with van der Waals surface area (Å²) in [6.45, 7) is 16.1. The number of hydrogen-bond acceptors (Lipinski definition) is 0. The second kappa shape index (κ2) is 7.67. The van der Waals surface area contributed by atoms with Crippen LogP contribution in [0.3, 0.4) is 0 Å². The Bertz CT molecular complexity index is 174. The maximum absolute atomic E-state index is 5.97. The van der Waals surface area contributed by atoms with Crippen molar-refractivity contribution in [2.24, 2.45) is 23.7 Å². The molecule has 0 bridgehead atoms. The zero-order valence-corrected chi connectivity index (χ0v) is 13.8. The molecule has 0 aromatic rings. The molecule has 1 heteroatoms. The molecule has 0 heterocycles. The molecular weight excluding hydrogens is 228 g/mol. The van der Waals surface area contributed by atoms with Crippen molar-refractivity contribution in [2.45, 2.75) is 79.0 Å². The molecule has 0 aromatic carbocycles. The first kappa shape index (κ1) is 17.3. The van der Waals surface area contributed by atoms with Crippen LogP contribution in [0.2, 0.25) is 0 Å². The van der Waals surface area contributed by atoms with E-state index in [-0.39, 0.29) is 4.87 Å². The van der Waals surface area contributed by atoms with Gasteiger partial charge >= 0.3 is 0 Å². The Balaban J connectivity index is 0.000000318. The van der Waals surface area contributed by atoms with Crippen molar-refractivity contribution in [1.29, 1.82) is 0 Å². The Morgan fingerprint density at radius 2 is 1.06 bits per heavy atom. The molecule has 0 N–H and O–H groups in total. The first-order chi connectivity index (χ1) is 7.67. The zero-order chi connectivity index (χ0) is 13.6. The van der Waals surface area contributed by atoms with Gasteiger partial charge in [0.1, 0.15) is 0 Å². The molecule has 1 fully saturated rings. The molecule has 0 aliphatic heterocycles. The molecule has 104 valence electrons. The molecule has 0 aromatic heterocycles. The van der Waals surface area contributed by atoms with Crippen LogP contribution in [0.5, 0.6) is 0 Å². The van der Waals surface area contributed by atoms with E-state index in [0.29, 0.717) is 0 Å². The van der Waals surface area contributed by atoms with Crippen LogP contribution in [-0.2, 0) is 0 Å². The lowest BCUT2D eigenvalue weighted by Gasteiger charge is -2.26. The Hall–Kier alpha value is 0.290. The average Bonchev–Trinajstić information content (AvgIpc) is 2.61. The summed E-state index contributed by atoms with van der Waals surface area (Å²) in [7, 11) is 0. The quantitative estimate of drug-likeness (QED) is 0.536. The molecule has 0 amide bonds. The Morgan fingerprint density at radius 1 is 0.765 bits per heavy atom. The highest BCUT2D eigenvalue weighted by molar-refractivity contribution is 6.23. The Morgan fingerprint density at radius 3 is 1.18 bits per heavy atom. The second-order valence-corrected chi connectivity index (χ2v) is 7.74. The highest BCUT2D eigenvalue weighted by Gasteiger charge is 2.24. The van der Waals surface area contributed by atoms with E-state index in [0.717, 1.165) is 23.7 Å². The van der Waals surface area contributed by atoms with Crippen molar-refractivity contribution in [3.63, 3.8) is 0 Å². The summed E-state index contributed by atoms with van der Waals surface area (Å²) in [6, 6.07) is 0. The summed E-state index contributed by atoms with van der Waals surface area (Å²) >= 11 is 5.97. The van der Waals surface area contributed by atoms with E-state index in [1.807, 2.05) is 0 Å². The van der Waals surface area contributed by atoms with Gasteiger partial charge in [0.2, 0.25) is 0 Å². The molecule has 2 unspecified atom stereocenters. The number of alkyl halides is 1. The zero-order valence-electron chi connectivity index (χ0n) is 13.0. The van der Waals surface area contributed by atoms with Crippen molar-refractivity contribution in [3.8, 4) is 0 Å². The smallest absolute Gasteiger partial charge is 0.0418 e. The highest BCUT2D eigenvalue weighted by Crippen LogP contribution is 2.34. The van der Waals surface area contributed by atoms with Gasteiger partial charge in [-0.05, 0) is 43.4 Å². The fourth-order valence-corrected chi connectivity index (χ4v) is 2.59. The fraction of sp³-hybridized carbons (Fsp3) is 1.00. The van der Waals surface area contributed by atoms with E-state index in [1.165, 1.54) is 25.7 Å². The normalized spacial score (nSPS) is 22.2. The molecular formula is C16H33Cl. The Labute approximate surface area is 115 Å². The van der Waals surface area contributed by atoms with Crippen molar-refractivity contribution >= 4 is 11.6 Å². The van der Waals surface area contributed by atoms with Gasteiger partial charge in [-0.1, -0.05) is 54.4 Å². The third-order valence-corrected chi connectivity index (χ3v) is 4.96. The molecule has 2 atom stereocenters. The van der Waals surface area contributed by atoms with Gasteiger partial charge in [-0.2, -0.15) is 0 Å². The largest absolute Gasteiger partial charge is 0.120 e. The van der Waals surface area contributed by atoms with Crippen molar-refractivity contribution in [2.75, 3.05) is 0 Å². The SMILES string of the molecule is CC(C)C(C)C(C)C(C)C.CC1(Cl)CCCC1. The topological polar surface area (TPSA) is 0 Å². The molecule has 1 aliphatic carbocycles. The lowest BCUT2D eigenvalue weighted by Crippen LogP contribution is -2.18. The fourth-order valence-electron chi connectivity index (χ4n) is 2.33. The van der Waals surface area contributed by atoms with Gasteiger partial charge in [0.25, 0.3) is 0 Å². The van der Waals surface area contributed by atoms with E-state index in [1.54, 1.807) is 0 Å². The molecule has 17 heavy (non-hydrogen) atoms. The molecule has 1 aliphatic rings. The summed E-state index contributed by atoms with van der Waals surface area (Å²) in [5.74, 6) is 3.38. The standard InChI is InChI=1S/C10H22.C6H11Cl/c1-7(2)9(5)10(6)8(3)4;1-6(7)4-2-3-5-6/h7-10H,1-6H3;2-5H2,1H3. The van der Waals surface area contributed by atoms with Gasteiger partial charge in [0.05, 0.1) is 0 Å². The molecule has 0 saturated heterocycles. The van der Waals surface area contributed by atoms with E-state index in [9.17, 15) is 0 Å². The van der Waals surface area contributed by atoms with Crippen LogP contribution >= 0.6 is 11.6 Å². The van der Waals surface area contributed by atoms with Crippen LogP contribution in [0.4, 0.5) is 0 Å². The van der Waals surface area contributed by atoms with Crippen LogP contribution in [0, 0.1) is 23.7 Å². The highest BCUT2D eigenvalue weighted by atomic mass is 35.5. The minimum absolute atomic E-state index is 0.167. The summed E-state index contributed by atoms with van der Waals surface area (Å²) in [4.78, 5) is 0.167. The van der Waals surface area contributed by atoms with Crippen molar-refractivity contribution in [1.82, 2.24) is 0 Å². The van der Waals surface area contributed by atoms with Crippen molar-refractivity contribution in [3.05, 3.63) is 0 Å². The number of hydrogen-bond donors (Lipinski definition) is 0. The second-order valence-electron chi connectivity index (χ2n) is 6.83. The first-order valence-electron chi connectivity index (χ1n) is 7.36.